The molecular weight excluding hydrogens is 398 g/mol. The Morgan fingerprint density at radius 1 is 0.906 bits per heavy atom. The van der Waals surface area contributed by atoms with Crippen molar-refractivity contribution in [2.45, 2.75) is 32.7 Å². The van der Waals surface area contributed by atoms with Crippen LogP contribution >= 0.6 is 0 Å². The molecule has 5 rings (SSSR count). The third-order valence-electron chi connectivity index (χ3n) is 6.73. The highest BCUT2D eigenvalue weighted by atomic mass is 16.1. The van der Waals surface area contributed by atoms with Crippen LogP contribution in [-0.4, -0.2) is 73.6 Å². The van der Waals surface area contributed by atoms with Crippen LogP contribution in [0.25, 0.3) is 5.57 Å². The van der Waals surface area contributed by atoms with Gasteiger partial charge < -0.3 is 9.80 Å². The summed E-state index contributed by atoms with van der Waals surface area (Å²) in [6.45, 7) is 8.73. The molecule has 0 spiro atoms. The lowest BCUT2D eigenvalue weighted by atomic mass is 9.79. The topological polar surface area (TPSA) is 51.5 Å². The van der Waals surface area contributed by atoms with Crippen molar-refractivity contribution < 1.29 is 4.79 Å². The van der Waals surface area contributed by atoms with Gasteiger partial charge in [-0.15, -0.1) is 0 Å². The number of hydrogen-bond acceptors (Lipinski definition) is 6. The van der Waals surface area contributed by atoms with Crippen LogP contribution in [0.1, 0.15) is 32.3 Å². The van der Waals surface area contributed by atoms with Crippen LogP contribution in [0, 0.1) is 0 Å². The van der Waals surface area contributed by atoms with Crippen molar-refractivity contribution in [3.63, 3.8) is 0 Å². The molecule has 4 aliphatic rings. The van der Waals surface area contributed by atoms with Gasteiger partial charge >= 0.3 is 0 Å². The van der Waals surface area contributed by atoms with Gasteiger partial charge in [-0.05, 0) is 44.4 Å². The standard InChI is InChI=1S/C26H31N5O/c1-17(2)30-13-15-31(16-14-30)19-11-9-18(10-12-19)22-24-23(27-26(28-24)29(3)4)20-7-5-6-8-21(20)25(22)32/h7-12,17H,5-6,13-16H2,1-4H3. The largest absolute Gasteiger partial charge is 0.369 e. The van der Waals surface area contributed by atoms with Gasteiger partial charge in [0.2, 0.25) is 5.96 Å². The second-order valence-electron chi connectivity index (χ2n) is 9.30. The first-order valence-electron chi connectivity index (χ1n) is 11.6. The van der Waals surface area contributed by atoms with Gasteiger partial charge in [0.05, 0.1) is 5.57 Å². The molecule has 0 saturated carbocycles. The molecule has 1 fully saturated rings. The maximum absolute atomic E-state index is 13.5. The Balaban J connectivity index is 1.49. The van der Waals surface area contributed by atoms with Crippen molar-refractivity contribution in [2.24, 2.45) is 9.98 Å². The van der Waals surface area contributed by atoms with Crippen LogP contribution in [0.5, 0.6) is 0 Å². The maximum atomic E-state index is 13.5. The molecule has 32 heavy (non-hydrogen) atoms. The molecule has 0 unspecified atom stereocenters. The predicted molar refractivity (Wildman–Crippen MR) is 131 cm³/mol. The lowest BCUT2D eigenvalue weighted by Crippen LogP contribution is -2.48. The Morgan fingerprint density at radius 2 is 1.56 bits per heavy atom. The van der Waals surface area contributed by atoms with Gasteiger partial charge in [-0.3, -0.25) is 9.69 Å². The molecule has 0 atom stereocenters. The Kier molecular flexibility index (Phi) is 5.33. The van der Waals surface area contributed by atoms with E-state index in [-0.39, 0.29) is 5.78 Å². The van der Waals surface area contributed by atoms with E-state index in [1.54, 1.807) is 0 Å². The van der Waals surface area contributed by atoms with Crippen LogP contribution in [-0.2, 0) is 4.79 Å². The zero-order valence-electron chi connectivity index (χ0n) is 19.4. The summed E-state index contributed by atoms with van der Waals surface area (Å²) in [5.74, 6) is 0.708. The molecule has 2 aliphatic heterocycles. The van der Waals surface area contributed by atoms with E-state index < -0.39 is 0 Å². The molecule has 1 aromatic rings. The van der Waals surface area contributed by atoms with Crippen LogP contribution in [0.3, 0.4) is 0 Å². The second kappa shape index (κ2) is 8.17. The third kappa shape index (κ3) is 3.52. The first-order chi connectivity index (χ1) is 15.4. The number of guanidine groups is 1. The van der Waals surface area contributed by atoms with Crippen molar-refractivity contribution in [1.82, 2.24) is 9.80 Å². The summed E-state index contributed by atoms with van der Waals surface area (Å²) in [6.07, 6.45) is 6.02. The first-order valence-corrected chi connectivity index (χ1v) is 11.6. The highest BCUT2D eigenvalue weighted by Crippen LogP contribution is 2.40. The minimum atomic E-state index is 0.0620. The maximum Gasteiger partial charge on any atom is 0.226 e. The monoisotopic (exact) mass is 429 g/mol. The van der Waals surface area contributed by atoms with Gasteiger partial charge in [-0.25, -0.2) is 9.98 Å². The van der Waals surface area contributed by atoms with E-state index in [1.807, 2.05) is 19.0 Å². The minimum absolute atomic E-state index is 0.0620. The minimum Gasteiger partial charge on any atom is -0.369 e. The highest BCUT2D eigenvalue weighted by Gasteiger charge is 2.37. The summed E-state index contributed by atoms with van der Waals surface area (Å²) in [4.78, 5) is 29.9. The molecule has 2 heterocycles. The number of aliphatic imine (C=N–C) groups is 2. The molecule has 6 nitrogen and oxygen atoms in total. The van der Waals surface area contributed by atoms with Crippen LogP contribution in [0.15, 0.2) is 63.2 Å². The molecule has 0 amide bonds. The number of allylic oxidation sites excluding steroid dienone is 5. The Labute approximate surface area is 190 Å². The summed E-state index contributed by atoms with van der Waals surface area (Å²) in [5, 5.41) is 0. The number of rotatable bonds is 3. The van der Waals surface area contributed by atoms with Crippen molar-refractivity contribution >= 4 is 28.7 Å². The quantitative estimate of drug-likeness (QED) is 0.738. The summed E-state index contributed by atoms with van der Waals surface area (Å²) in [6, 6.07) is 9.02. The molecule has 0 aromatic heterocycles. The van der Waals surface area contributed by atoms with Crippen molar-refractivity contribution in [1.29, 1.82) is 0 Å². The fraction of sp³-hybridized carbons (Fsp3) is 0.423. The number of carbonyl (C=O) groups excluding carboxylic acids is 1. The molecular formula is C26H31N5O. The summed E-state index contributed by atoms with van der Waals surface area (Å²) in [7, 11) is 3.87. The van der Waals surface area contributed by atoms with Crippen molar-refractivity contribution in [3.8, 4) is 0 Å². The number of anilines is 1. The molecule has 166 valence electrons. The average molecular weight is 430 g/mol. The van der Waals surface area contributed by atoms with Crippen LogP contribution < -0.4 is 4.90 Å². The lowest BCUT2D eigenvalue weighted by Gasteiger charge is -2.38. The normalized spacial score (nSPS) is 21.2. The van der Waals surface area contributed by atoms with Crippen molar-refractivity contribution in [3.05, 3.63) is 58.8 Å². The number of fused-ring (bicyclic) bond motifs is 3. The Hall–Kier alpha value is -2.99. The van der Waals surface area contributed by atoms with Gasteiger partial charge in [0.25, 0.3) is 0 Å². The number of carbonyl (C=O) groups is 1. The van der Waals surface area contributed by atoms with Crippen molar-refractivity contribution in [2.75, 3.05) is 45.2 Å². The first kappa shape index (κ1) is 20.9. The molecule has 6 heteroatoms. The van der Waals surface area contributed by atoms with Crippen LogP contribution in [0.2, 0.25) is 0 Å². The Bertz CT molecular complexity index is 1090. The molecule has 0 radical (unpaired) electrons. The highest BCUT2D eigenvalue weighted by molar-refractivity contribution is 6.45. The number of nitrogens with zero attached hydrogens (tertiary/aromatic N) is 5. The van der Waals surface area contributed by atoms with E-state index in [9.17, 15) is 4.79 Å². The lowest BCUT2D eigenvalue weighted by molar-refractivity contribution is -0.110. The van der Waals surface area contributed by atoms with E-state index in [0.29, 0.717) is 23.3 Å². The van der Waals surface area contributed by atoms with Gasteiger partial charge in [0, 0.05) is 63.1 Å². The van der Waals surface area contributed by atoms with Gasteiger partial charge in [-0.2, -0.15) is 0 Å². The molecule has 0 N–H and O–H groups in total. The van der Waals surface area contributed by atoms with Gasteiger partial charge in [0.15, 0.2) is 5.78 Å². The average Bonchev–Trinajstić information content (AvgIpc) is 3.25. The van der Waals surface area contributed by atoms with E-state index >= 15 is 0 Å². The second-order valence-corrected chi connectivity index (χ2v) is 9.30. The predicted octanol–water partition coefficient (Wildman–Crippen LogP) is 3.53. The zero-order valence-corrected chi connectivity index (χ0v) is 19.4. The number of hydrogen-bond donors (Lipinski definition) is 0. The fourth-order valence-corrected chi connectivity index (χ4v) is 4.85. The van der Waals surface area contributed by atoms with Gasteiger partial charge in [0.1, 0.15) is 11.4 Å². The molecule has 1 saturated heterocycles. The molecule has 1 aromatic carbocycles. The summed E-state index contributed by atoms with van der Waals surface area (Å²) >= 11 is 0. The molecule has 0 bridgehead atoms. The summed E-state index contributed by atoms with van der Waals surface area (Å²) < 4.78 is 0. The van der Waals surface area contributed by atoms with Crippen LogP contribution in [0.4, 0.5) is 5.69 Å². The van der Waals surface area contributed by atoms with Gasteiger partial charge in [-0.1, -0.05) is 24.3 Å². The number of piperazine rings is 1. The number of benzene rings is 1. The SMILES string of the molecule is CC(C)N1CCN(c2ccc(C3=C4N=C(N(C)C)N=C4C4=CCCC=C4C3=O)cc2)CC1. The van der Waals surface area contributed by atoms with E-state index in [2.05, 4.69) is 60.1 Å². The third-order valence-corrected chi connectivity index (χ3v) is 6.73. The zero-order chi connectivity index (χ0) is 22.4. The number of Topliss-reactive ketones (excluding diaryl/α,β-unsaturated/α-hetero) is 1. The molecule has 2 aliphatic carbocycles. The number of ketones is 1. The summed E-state index contributed by atoms with van der Waals surface area (Å²) in [5.41, 5.74) is 6.06. The smallest absolute Gasteiger partial charge is 0.226 e. The fourth-order valence-electron chi connectivity index (χ4n) is 4.85. The van der Waals surface area contributed by atoms with E-state index in [0.717, 1.165) is 61.4 Å². The van der Waals surface area contributed by atoms with E-state index in [4.69, 9.17) is 9.98 Å². The Morgan fingerprint density at radius 3 is 2.19 bits per heavy atom. The van der Waals surface area contributed by atoms with E-state index in [1.165, 1.54) is 5.69 Å².